The number of rotatable bonds is 9. The van der Waals surface area contributed by atoms with Crippen molar-refractivity contribution in [1.29, 1.82) is 5.26 Å². The Labute approximate surface area is 177 Å². The Morgan fingerprint density at radius 3 is 2.42 bits per heavy atom. The summed E-state index contributed by atoms with van der Waals surface area (Å²) in [4.78, 5) is 35.6. The summed E-state index contributed by atoms with van der Waals surface area (Å²) < 4.78 is 38.9. The number of aromatic hydroxyl groups is 1. The number of phenols is 1. The summed E-state index contributed by atoms with van der Waals surface area (Å²) in [6, 6.07) is 3.49. The van der Waals surface area contributed by atoms with Crippen molar-refractivity contribution in [3.63, 3.8) is 0 Å². The van der Waals surface area contributed by atoms with Crippen LogP contribution in [0.3, 0.4) is 0 Å². The maximum absolute atomic E-state index is 12.4. The number of hydrogen-bond acceptors (Lipinski definition) is 10. The number of nitrogens with zero attached hydrogens (tertiary/aromatic N) is 3. The Morgan fingerprint density at radius 2 is 1.94 bits per heavy atom. The summed E-state index contributed by atoms with van der Waals surface area (Å²) in [5, 5.41) is 30.5. The minimum atomic E-state index is -4.41. The second-order valence-electron chi connectivity index (χ2n) is 5.78. The van der Waals surface area contributed by atoms with Crippen LogP contribution in [0.2, 0.25) is 0 Å². The van der Waals surface area contributed by atoms with E-state index in [9.17, 15) is 38.5 Å². The Hall–Kier alpha value is -3.70. The standard InChI is InChI=1S/C17H19N3O10S/c1-3-19(4-2)16(22)12(10-18)7-11-8-13(20(24)25)15(21)14(9-11)30-17(23)29-5-6-31(26,27)28/h7-9,21H,3-6H2,1-2H3,(H,26,27,28). The van der Waals surface area contributed by atoms with Crippen LogP contribution < -0.4 is 4.74 Å². The number of ether oxygens (including phenoxy) is 2. The van der Waals surface area contributed by atoms with Crippen molar-refractivity contribution in [3.8, 4) is 17.6 Å². The molecule has 1 aromatic rings. The topological polar surface area (TPSA) is 197 Å². The van der Waals surface area contributed by atoms with Gasteiger partial charge in [0.05, 0.1) is 4.92 Å². The summed E-state index contributed by atoms with van der Waals surface area (Å²) >= 11 is 0. The van der Waals surface area contributed by atoms with Gasteiger partial charge in [-0.05, 0) is 31.6 Å². The van der Waals surface area contributed by atoms with Crippen LogP contribution >= 0.6 is 0 Å². The zero-order valence-corrected chi connectivity index (χ0v) is 17.3. The first-order valence-corrected chi connectivity index (χ1v) is 10.3. The quantitative estimate of drug-likeness (QED) is 0.104. The van der Waals surface area contributed by atoms with Crippen LogP contribution in [-0.2, 0) is 19.6 Å². The minimum Gasteiger partial charge on any atom is -0.499 e. The maximum Gasteiger partial charge on any atom is 0.514 e. The molecule has 0 aromatic heterocycles. The fourth-order valence-corrected chi connectivity index (χ4v) is 2.55. The Bertz CT molecular complexity index is 1040. The van der Waals surface area contributed by atoms with E-state index in [4.69, 9.17) is 4.55 Å². The summed E-state index contributed by atoms with van der Waals surface area (Å²) in [6.07, 6.45) is -0.502. The normalized spacial score (nSPS) is 11.4. The summed E-state index contributed by atoms with van der Waals surface area (Å²) in [5.74, 6) is -3.32. The molecule has 0 radical (unpaired) electrons. The highest BCUT2D eigenvalue weighted by Gasteiger charge is 2.23. The van der Waals surface area contributed by atoms with Gasteiger partial charge in [0.1, 0.15) is 24.0 Å². The molecule has 0 saturated carbocycles. The van der Waals surface area contributed by atoms with Gasteiger partial charge in [0.15, 0.2) is 5.75 Å². The molecule has 0 saturated heterocycles. The van der Waals surface area contributed by atoms with Crippen molar-refractivity contribution in [1.82, 2.24) is 4.90 Å². The Kier molecular flexibility index (Phi) is 8.91. The third-order valence-electron chi connectivity index (χ3n) is 3.74. The molecule has 1 rings (SSSR count). The summed E-state index contributed by atoms with van der Waals surface area (Å²) in [5.41, 5.74) is -1.35. The maximum atomic E-state index is 12.4. The highest BCUT2D eigenvalue weighted by molar-refractivity contribution is 7.85. The third kappa shape index (κ3) is 7.57. The van der Waals surface area contributed by atoms with Gasteiger partial charge in [-0.1, -0.05) is 0 Å². The first-order chi connectivity index (χ1) is 14.4. The molecule has 2 N–H and O–H groups in total. The molecule has 0 unspecified atom stereocenters. The first kappa shape index (κ1) is 25.3. The van der Waals surface area contributed by atoms with E-state index in [1.807, 2.05) is 0 Å². The van der Waals surface area contributed by atoms with Crippen LogP contribution in [0.5, 0.6) is 11.5 Å². The smallest absolute Gasteiger partial charge is 0.499 e. The summed E-state index contributed by atoms with van der Waals surface area (Å²) in [7, 11) is -4.41. The Morgan fingerprint density at radius 1 is 1.32 bits per heavy atom. The fraction of sp³-hybridized carbons (Fsp3) is 0.353. The van der Waals surface area contributed by atoms with Gasteiger partial charge in [0.2, 0.25) is 5.75 Å². The Balaban J connectivity index is 3.28. The van der Waals surface area contributed by atoms with E-state index in [2.05, 4.69) is 9.47 Å². The SMILES string of the molecule is CCN(CC)C(=O)C(C#N)=Cc1cc(OC(=O)OCCS(=O)(=O)O)c(O)c([N+](=O)[O-])c1. The van der Waals surface area contributed by atoms with Gasteiger partial charge in [-0.2, -0.15) is 13.7 Å². The summed E-state index contributed by atoms with van der Waals surface area (Å²) in [6.45, 7) is 3.24. The van der Waals surface area contributed by atoms with Gasteiger partial charge in [-0.25, -0.2) is 4.79 Å². The number of nitro groups is 1. The molecule has 0 aliphatic carbocycles. The van der Waals surface area contributed by atoms with Crippen molar-refractivity contribution in [3.05, 3.63) is 33.4 Å². The van der Waals surface area contributed by atoms with E-state index in [-0.39, 0.29) is 11.1 Å². The van der Waals surface area contributed by atoms with E-state index in [1.54, 1.807) is 19.9 Å². The molecule has 1 amide bonds. The predicted molar refractivity (Wildman–Crippen MR) is 105 cm³/mol. The zero-order valence-electron chi connectivity index (χ0n) is 16.5. The molecule has 0 aliphatic rings. The third-order valence-corrected chi connectivity index (χ3v) is 4.42. The lowest BCUT2D eigenvalue weighted by Crippen LogP contribution is -2.31. The van der Waals surface area contributed by atoms with Gasteiger partial charge >= 0.3 is 11.8 Å². The molecule has 13 nitrogen and oxygen atoms in total. The molecule has 0 fully saturated rings. The number of amides is 1. The van der Waals surface area contributed by atoms with Gasteiger partial charge in [-0.3, -0.25) is 19.5 Å². The monoisotopic (exact) mass is 457 g/mol. The number of carbonyl (C=O) groups excluding carboxylic acids is 2. The largest absolute Gasteiger partial charge is 0.514 e. The number of likely N-dealkylation sites (N-methyl/N-ethyl adjacent to an activating group) is 1. The molecule has 31 heavy (non-hydrogen) atoms. The van der Waals surface area contributed by atoms with Crippen molar-refractivity contribution in [2.45, 2.75) is 13.8 Å². The number of benzene rings is 1. The van der Waals surface area contributed by atoms with Crippen LogP contribution in [0, 0.1) is 21.4 Å². The van der Waals surface area contributed by atoms with Gasteiger partial charge in [-0.15, -0.1) is 0 Å². The van der Waals surface area contributed by atoms with Crippen LogP contribution in [0.25, 0.3) is 6.08 Å². The van der Waals surface area contributed by atoms with Crippen LogP contribution in [0.15, 0.2) is 17.7 Å². The molecule has 0 atom stereocenters. The highest BCUT2D eigenvalue weighted by Crippen LogP contribution is 2.38. The number of nitriles is 1. The van der Waals surface area contributed by atoms with Gasteiger partial charge < -0.3 is 19.5 Å². The van der Waals surface area contributed by atoms with E-state index >= 15 is 0 Å². The van der Waals surface area contributed by atoms with Crippen LogP contribution in [0.4, 0.5) is 10.5 Å². The predicted octanol–water partition coefficient (Wildman–Crippen LogP) is 1.48. The number of phenolic OH excluding ortho intramolecular Hbond substituents is 1. The number of carbonyl (C=O) groups is 2. The second-order valence-corrected chi connectivity index (χ2v) is 7.35. The first-order valence-electron chi connectivity index (χ1n) is 8.65. The number of nitro benzene ring substituents is 1. The lowest BCUT2D eigenvalue weighted by atomic mass is 10.1. The average molecular weight is 457 g/mol. The van der Waals surface area contributed by atoms with E-state index in [1.165, 1.54) is 4.90 Å². The molecular weight excluding hydrogens is 438 g/mol. The van der Waals surface area contributed by atoms with Crippen LogP contribution in [-0.4, -0.2) is 65.4 Å². The van der Waals surface area contributed by atoms with Gasteiger partial charge in [0, 0.05) is 19.2 Å². The molecular formula is C17H19N3O10S. The molecule has 168 valence electrons. The average Bonchev–Trinajstić information content (AvgIpc) is 2.67. The molecule has 0 aliphatic heterocycles. The van der Waals surface area contributed by atoms with Crippen molar-refractivity contribution >= 4 is 33.9 Å². The highest BCUT2D eigenvalue weighted by atomic mass is 32.2. The van der Waals surface area contributed by atoms with Crippen molar-refractivity contribution in [2.24, 2.45) is 0 Å². The van der Waals surface area contributed by atoms with Crippen molar-refractivity contribution in [2.75, 3.05) is 25.4 Å². The molecule has 0 heterocycles. The molecule has 0 spiro atoms. The molecule has 1 aromatic carbocycles. The van der Waals surface area contributed by atoms with Crippen LogP contribution in [0.1, 0.15) is 19.4 Å². The van der Waals surface area contributed by atoms with E-state index < -0.39 is 56.7 Å². The minimum absolute atomic E-state index is 0.109. The van der Waals surface area contributed by atoms with Crippen molar-refractivity contribution < 1.29 is 42.1 Å². The van der Waals surface area contributed by atoms with Gasteiger partial charge in [0.25, 0.3) is 16.0 Å². The number of hydrogen-bond donors (Lipinski definition) is 2. The van der Waals surface area contributed by atoms with E-state index in [0.717, 1.165) is 18.2 Å². The van der Waals surface area contributed by atoms with E-state index in [0.29, 0.717) is 13.1 Å². The zero-order chi connectivity index (χ0) is 23.8. The molecule has 0 bridgehead atoms. The lowest BCUT2D eigenvalue weighted by Gasteiger charge is -2.17. The second kappa shape index (κ2) is 10.9. The molecule has 14 heteroatoms. The fourth-order valence-electron chi connectivity index (χ4n) is 2.25. The lowest BCUT2D eigenvalue weighted by molar-refractivity contribution is -0.385.